The molecule has 2 aromatic rings. The third kappa shape index (κ3) is 4.89. The molecule has 0 fully saturated rings. The molecule has 28 heavy (non-hydrogen) atoms. The van der Waals surface area contributed by atoms with Crippen LogP contribution in [-0.4, -0.2) is 34.2 Å². The summed E-state index contributed by atoms with van der Waals surface area (Å²) in [5, 5.41) is 0.595. The fraction of sp³-hybridized carbons (Fsp3) is 0.300. The fourth-order valence-corrected chi connectivity index (χ4v) is 3.95. The molecule has 4 N–H and O–H groups in total. The van der Waals surface area contributed by atoms with Crippen LogP contribution in [0.2, 0.25) is 0 Å². The van der Waals surface area contributed by atoms with Crippen LogP contribution in [0.3, 0.4) is 0 Å². The van der Waals surface area contributed by atoms with Crippen LogP contribution in [0.5, 0.6) is 5.75 Å². The number of carbonyl (C=O) groups excluding carboxylic acids is 2. The lowest BCUT2D eigenvalue weighted by atomic mass is 9.88. The smallest absolute Gasteiger partial charge is 0.255 e. The zero-order valence-electron chi connectivity index (χ0n) is 15.6. The minimum Gasteiger partial charge on any atom is -0.482 e. The Morgan fingerprint density at radius 1 is 1.29 bits per heavy atom. The van der Waals surface area contributed by atoms with Crippen LogP contribution in [-0.2, 0) is 16.8 Å². The number of aromatic nitrogens is 1. The quantitative estimate of drug-likeness (QED) is 0.689. The van der Waals surface area contributed by atoms with E-state index >= 15 is 0 Å². The van der Waals surface area contributed by atoms with Crippen LogP contribution in [0.25, 0.3) is 0 Å². The van der Waals surface area contributed by atoms with Gasteiger partial charge in [-0.15, -0.1) is 0 Å². The number of benzene rings is 1. The first-order valence-corrected chi connectivity index (χ1v) is 9.82. The Hall–Kier alpha value is -2.87. The molecule has 1 aliphatic rings. The molecule has 0 unspecified atom stereocenters. The van der Waals surface area contributed by atoms with Crippen molar-refractivity contribution >= 4 is 28.6 Å². The first kappa shape index (κ1) is 19.9. The Morgan fingerprint density at radius 3 is 2.79 bits per heavy atom. The molecule has 3 rings (SSSR count). The summed E-state index contributed by atoms with van der Waals surface area (Å²) in [5.41, 5.74) is 12.8. The molecule has 8 heteroatoms. The molecule has 1 aromatic carbocycles. The van der Waals surface area contributed by atoms with Gasteiger partial charge in [-0.25, -0.2) is 4.98 Å². The number of thioether (sulfide) groups is 1. The highest BCUT2D eigenvalue weighted by atomic mass is 32.2. The van der Waals surface area contributed by atoms with Crippen LogP contribution in [0.15, 0.2) is 47.6 Å². The fourth-order valence-electron chi connectivity index (χ4n) is 2.97. The normalized spacial score (nSPS) is 19.0. The molecule has 2 heterocycles. The van der Waals surface area contributed by atoms with E-state index in [1.807, 2.05) is 24.3 Å². The largest absolute Gasteiger partial charge is 0.482 e. The molecule has 0 aliphatic carbocycles. The van der Waals surface area contributed by atoms with Crippen molar-refractivity contribution in [2.75, 3.05) is 12.4 Å². The molecule has 0 spiro atoms. The summed E-state index contributed by atoms with van der Waals surface area (Å²) < 4.78 is 5.15. The number of rotatable bonds is 7. The van der Waals surface area contributed by atoms with Crippen molar-refractivity contribution in [3.8, 4) is 5.75 Å². The second-order valence-corrected chi connectivity index (χ2v) is 7.87. The second-order valence-electron chi connectivity index (χ2n) is 6.76. The number of hydrogen-bond donors (Lipinski definition) is 2. The lowest BCUT2D eigenvalue weighted by Crippen LogP contribution is -2.28. The molecule has 0 radical (unpaired) electrons. The number of aliphatic imine (C=N–C) groups is 1. The van der Waals surface area contributed by atoms with Crippen LogP contribution >= 0.6 is 11.8 Å². The van der Waals surface area contributed by atoms with Crippen molar-refractivity contribution < 1.29 is 14.3 Å². The molecular weight excluding hydrogens is 376 g/mol. The van der Waals surface area contributed by atoms with Crippen molar-refractivity contribution in [1.29, 1.82) is 0 Å². The maximum Gasteiger partial charge on any atom is 0.255 e. The number of nitrogens with zero attached hydrogens (tertiary/aromatic N) is 2. The van der Waals surface area contributed by atoms with Gasteiger partial charge in [0.15, 0.2) is 17.6 Å². The van der Waals surface area contributed by atoms with E-state index < -0.39 is 5.91 Å². The lowest BCUT2D eigenvalue weighted by Gasteiger charge is -2.30. The van der Waals surface area contributed by atoms with E-state index in [1.165, 1.54) is 6.20 Å². The summed E-state index contributed by atoms with van der Waals surface area (Å²) in [5.74, 6) is 0.626. The molecule has 1 atom stereocenters. The molecule has 1 aliphatic heterocycles. The summed E-state index contributed by atoms with van der Waals surface area (Å²) >= 11 is 1.56. The lowest BCUT2D eigenvalue weighted by molar-refractivity contribution is -0.119. The van der Waals surface area contributed by atoms with E-state index in [0.29, 0.717) is 16.6 Å². The number of hydrogen-bond acceptors (Lipinski definition) is 7. The van der Waals surface area contributed by atoms with Gasteiger partial charge in [0.1, 0.15) is 11.4 Å². The molecule has 0 bridgehead atoms. The van der Waals surface area contributed by atoms with Gasteiger partial charge in [0.2, 0.25) is 0 Å². The average Bonchev–Trinajstić information content (AvgIpc) is 2.67. The van der Waals surface area contributed by atoms with E-state index in [4.69, 9.17) is 16.2 Å². The first-order valence-electron chi connectivity index (χ1n) is 8.84. The molecule has 7 nitrogen and oxygen atoms in total. The summed E-state index contributed by atoms with van der Waals surface area (Å²) in [6.45, 7) is 1.83. The van der Waals surface area contributed by atoms with E-state index in [0.717, 1.165) is 23.3 Å². The molecule has 1 amide bonds. The SMILES string of the molecule is C[C@@]1(c2cccc(CC(=O)c3ccc(OCC(N)=O)cn3)c2)CCSC(N)=N1. The minimum absolute atomic E-state index is 0.106. The van der Waals surface area contributed by atoms with Gasteiger partial charge < -0.3 is 16.2 Å². The summed E-state index contributed by atoms with van der Waals surface area (Å²) in [7, 11) is 0. The maximum atomic E-state index is 12.6. The summed E-state index contributed by atoms with van der Waals surface area (Å²) in [4.78, 5) is 32.1. The highest BCUT2D eigenvalue weighted by Crippen LogP contribution is 2.35. The molecule has 146 valence electrons. The molecule has 1 aromatic heterocycles. The van der Waals surface area contributed by atoms with Gasteiger partial charge in [-0.1, -0.05) is 36.0 Å². The van der Waals surface area contributed by atoms with E-state index in [9.17, 15) is 9.59 Å². The highest BCUT2D eigenvalue weighted by Gasteiger charge is 2.29. The van der Waals surface area contributed by atoms with Crippen molar-refractivity contribution in [2.24, 2.45) is 16.5 Å². The number of amides is 1. The van der Waals surface area contributed by atoms with Crippen molar-refractivity contribution in [3.63, 3.8) is 0 Å². The number of ether oxygens (including phenoxy) is 1. The van der Waals surface area contributed by atoms with E-state index in [-0.39, 0.29) is 24.3 Å². The second kappa shape index (κ2) is 8.43. The minimum atomic E-state index is -0.573. The third-order valence-corrected chi connectivity index (χ3v) is 5.31. The number of nitrogens with two attached hydrogens (primary N) is 2. The number of Topliss-reactive ketones (excluding diaryl/α,β-unsaturated/α-hetero) is 1. The Bertz CT molecular complexity index is 914. The zero-order chi connectivity index (χ0) is 20.1. The number of ketones is 1. The maximum absolute atomic E-state index is 12.6. The molecular formula is C20H22N4O3S. The predicted molar refractivity (Wildman–Crippen MR) is 109 cm³/mol. The van der Waals surface area contributed by atoms with Gasteiger partial charge in [-0.2, -0.15) is 0 Å². The van der Waals surface area contributed by atoms with Gasteiger partial charge in [-0.05, 0) is 36.6 Å². The van der Waals surface area contributed by atoms with Crippen molar-refractivity contribution in [3.05, 3.63) is 59.4 Å². The van der Waals surface area contributed by atoms with Crippen LogP contribution < -0.4 is 16.2 Å². The number of primary amides is 1. The number of carbonyl (C=O) groups is 2. The Balaban J connectivity index is 1.71. The standard InChI is InChI=1S/C20H22N4O3S/c1-20(7-8-28-19(22)24-20)14-4-2-3-13(9-14)10-17(25)16-6-5-15(11-23-16)27-12-18(21)26/h2-6,9,11H,7-8,10,12H2,1H3,(H2,21,26)(H2,22,24)/t20-/m0/s1. The Morgan fingerprint density at radius 2 is 2.11 bits per heavy atom. The van der Waals surface area contributed by atoms with Gasteiger partial charge in [0, 0.05) is 12.2 Å². The Labute approximate surface area is 167 Å². The van der Waals surface area contributed by atoms with Gasteiger partial charge >= 0.3 is 0 Å². The van der Waals surface area contributed by atoms with Crippen LogP contribution in [0.4, 0.5) is 0 Å². The third-order valence-electron chi connectivity index (χ3n) is 4.51. The van der Waals surface area contributed by atoms with Crippen molar-refractivity contribution in [1.82, 2.24) is 4.98 Å². The topological polar surface area (TPSA) is 121 Å². The Kier molecular flexibility index (Phi) is 5.99. The monoisotopic (exact) mass is 398 g/mol. The van der Waals surface area contributed by atoms with E-state index in [2.05, 4.69) is 16.9 Å². The average molecular weight is 398 g/mol. The zero-order valence-corrected chi connectivity index (χ0v) is 16.4. The van der Waals surface area contributed by atoms with Gasteiger partial charge in [-0.3, -0.25) is 14.6 Å². The summed E-state index contributed by atoms with van der Waals surface area (Å²) in [6, 6.07) is 11.1. The van der Waals surface area contributed by atoms with Crippen LogP contribution in [0.1, 0.15) is 35.0 Å². The van der Waals surface area contributed by atoms with E-state index in [1.54, 1.807) is 23.9 Å². The van der Waals surface area contributed by atoms with Crippen LogP contribution in [0, 0.1) is 0 Å². The first-order chi connectivity index (χ1) is 13.4. The summed E-state index contributed by atoms with van der Waals surface area (Å²) in [6.07, 6.45) is 2.53. The van der Waals surface area contributed by atoms with Gasteiger partial charge in [0.05, 0.1) is 11.7 Å². The predicted octanol–water partition coefficient (Wildman–Crippen LogP) is 2.04. The van der Waals surface area contributed by atoms with Crippen molar-refractivity contribution in [2.45, 2.75) is 25.3 Å². The molecule has 0 saturated carbocycles. The molecule has 0 saturated heterocycles. The number of pyridine rings is 1. The number of amidine groups is 1. The highest BCUT2D eigenvalue weighted by molar-refractivity contribution is 8.13. The van der Waals surface area contributed by atoms with Gasteiger partial charge in [0.25, 0.3) is 5.91 Å².